The molecule has 0 atom stereocenters. The first kappa shape index (κ1) is 9.03. The van der Waals surface area contributed by atoms with E-state index in [-0.39, 0.29) is 5.54 Å². The summed E-state index contributed by atoms with van der Waals surface area (Å²) in [6.07, 6.45) is 1.92. The lowest BCUT2D eigenvalue weighted by molar-refractivity contribution is 0.458. The number of rotatable bonds is 1. The van der Waals surface area contributed by atoms with Gasteiger partial charge in [0, 0.05) is 15.6 Å². The van der Waals surface area contributed by atoms with E-state index >= 15 is 0 Å². The summed E-state index contributed by atoms with van der Waals surface area (Å²) < 4.78 is 0.951. The zero-order chi connectivity index (χ0) is 9.64. The molecule has 0 aliphatic heterocycles. The van der Waals surface area contributed by atoms with Gasteiger partial charge in [-0.25, -0.2) is 0 Å². The van der Waals surface area contributed by atoms with E-state index in [2.05, 4.69) is 15.9 Å². The van der Waals surface area contributed by atoms with Crippen molar-refractivity contribution in [1.82, 2.24) is 0 Å². The molecule has 0 aromatic heterocycles. The second kappa shape index (κ2) is 2.72. The fourth-order valence-corrected chi connectivity index (χ4v) is 2.26. The minimum Gasteiger partial charge on any atom is -0.508 e. The van der Waals surface area contributed by atoms with Gasteiger partial charge in [0.25, 0.3) is 0 Å². The summed E-state index contributed by atoms with van der Waals surface area (Å²) in [5.41, 5.74) is 7.75. The van der Waals surface area contributed by atoms with E-state index in [1.807, 2.05) is 13.0 Å². The first-order valence-electron chi connectivity index (χ1n) is 4.32. The van der Waals surface area contributed by atoms with Crippen LogP contribution in [-0.2, 0) is 5.54 Å². The molecule has 0 spiro atoms. The van der Waals surface area contributed by atoms with Gasteiger partial charge in [0.1, 0.15) is 5.75 Å². The van der Waals surface area contributed by atoms with Crippen LogP contribution in [0.2, 0.25) is 0 Å². The summed E-state index contributed by atoms with van der Waals surface area (Å²) in [6.45, 7) is 2.00. The van der Waals surface area contributed by atoms with Gasteiger partial charge in [-0.3, -0.25) is 0 Å². The largest absolute Gasteiger partial charge is 0.508 e. The maximum absolute atomic E-state index is 9.68. The molecule has 0 amide bonds. The smallest absolute Gasteiger partial charge is 0.121 e. The third kappa shape index (κ3) is 1.36. The third-order valence-electron chi connectivity index (χ3n) is 2.60. The molecule has 1 saturated carbocycles. The molecule has 0 saturated heterocycles. The van der Waals surface area contributed by atoms with Crippen molar-refractivity contribution in [2.24, 2.45) is 5.73 Å². The van der Waals surface area contributed by atoms with E-state index in [0.29, 0.717) is 5.75 Å². The lowest BCUT2D eigenvalue weighted by atomic mass is 10.0. The number of aromatic hydroxyl groups is 1. The van der Waals surface area contributed by atoms with Crippen LogP contribution >= 0.6 is 15.9 Å². The standard InChI is InChI=1S/C10H12BrNO/c1-6-2-3-7(13)8(9(6)11)10(12)4-5-10/h2-3,13H,4-5,12H2,1H3. The molecule has 0 unspecified atom stereocenters. The zero-order valence-electron chi connectivity index (χ0n) is 7.47. The second-order valence-corrected chi connectivity index (χ2v) is 4.54. The summed E-state index contributed by atoms with van der Waals surface area (Å²) in [7, 11) is 0. The topological polar surface area (TPSA) is 46.2 Å². The Balaban J connectivity index is 2.61. The molecule has 0 heterocycles. The van der Waals surface area contributed by atoms with Crippen LogP contribution in [0.4, 0.5) is 0 Å². The van der Waals surface area contributed by atoms with Crippen LogP contribution in [0.15, 0.2) is 16.6 Å². The van der Waals surface area contributed by atoms with Gasteiger partial charge in [-0.05, 0) is 31.4 Å². The Morgan fingerprint density at radius 3 is 2.62 bits per heavy atom. The molecule has 0 radical (unpaired) electrons. The number of phenols is 1. The quantitative estimate of drug-likeness (QED) is 0.794. The highest BCUT2D eigenvalue weighted by Gasteiger charge is 2.43. The number of benzene rings is 1. The van der Waals surface area contributed by atoms with Gasteiger partial charge >= 0.3 is 0 Å². The molecule has 1 aliphatic rings. The molecule has 3 heteroatoms. The highest BCUT2D eigenvalue weighted by Crippen LogP contribution is 2.49. The zero-order valence-corrected chi connectivity index (χ0v) is 9.06. The fourth-order valence-electron chi connectivity index (χ4n) is 1.53. The Morgan fingerprint density at radius 2 is 2.08 bits per heavy atom. The summed E-state index contributed by atoms with van der Waals surface area (Å²) in [5.74, 6) is 0.303. The third-order valence-corrected chi connectivity index (χ3v) is 3.62. The van der Waals surface area contributed by atoms with Crippen LogP contribution in [-0.4, -0.2) is 5.11 Å². The van der Waals surface area contributed by atoms with Crippen LogP contribution in [0, 0.1) is 6.92 Å². The number of hydrogen-bond acceptors (Lipinski definition) is 2. The van der Waals surface area contributed by atoms with Crippen molar-refractivity contribution in [3.8, 4) is 5.75 Å². The molecule has 70 valence electrons. The Labute approximate surface area is 85.9 Å². The highest BCUT2D eigenvalue weighted by molar-refractivity contribution is 9.10. The van der Waals surface area contributed by atoms with E-state index in [0.717, 1.165) is 28.4 Å². The van der Waals surface area contributed by atoms with Gasteiger partial charge in [0.2, 0.25) is 0 Å². The molecule has 13 heavy (non-hydrogen) atoms. The van der Waals surface area contributed by atoms with Crippen LogP contribution < -0.4 is 5.73 Å². The number of halogens is 1. The SMILES string of the molecule is Cc1ccc(O)c(C2(N)CC2)c1Br. The second-order valence-electron chi connectivity index (χ2n) is 3.75. The molecule has 3 N–H and O–H groups in total. The lowest BCUT2D eigenvalue weighted by Gasteiger charge is -2.15. The fraction of sp³-hybridized carbons (Fsp3) is 0.400. The molecule has 1 fully saturated rings. The minimum absolute atomic E-state index is 0.283. The predicted octanol–water partition coefficient (Wildman–Crippen LogP) is 2.41. The van der Waals surface area contributed by atoms with Crippen LogP contribution in [0.1, 0.15) is 24.0 Å². The van der Waals surface area contributed by atoms with E-state index < -0.39 is 0 Å². The maximum atomic E-state index is 9.68. The van der Waals surface area contributed by atoms with Gasteiger partial charge < -0.3 is 10.8 Å². The van der Waals surface area contributed by atoms with E-state index in [1.165, 1.54) is 0 Å². The molecule has 2 nitrogen and oxygen atoms in total. The van der Waals surface area contributed by atoms with Crippen molar-refractivity contribution < 1.29 is 5.11 Å². The normalized spacial score (nSPS) is 18.7. The maximum Gasteiger partial charge on any atom is 0.121 e. The minimum atomic E-state index is -0.283. The number of phenolic OH excluding ortho intramolecular Hbond substituents is 1. The van der Waals surface area contributed by atoms with E-state index in [1.54, 1.807) is 6.07 Å². The summed E-state index contributed by atoms with van der Waals surface area (Å²) in [6, 6.07) is 3.59. The Bertz CT molecular complexity index is 358. The Kier molecular flexibility index (Phi) is 1.89. The van der Waals surface area contributed by atoms with E-state index in [9.17, 15) is 5.11 Å². The summed E-state index contributed by atoms with van der Waals surface area (Å²) in [5, 5.41) is 9.68. The highest BCUT2D eigenvalue weighted by atomic mass is 79.9. The first-order chi connectivity index (χ1) is 6.04. The Hall–Kier alpha value is -0.540. The molecular formula is C10H12BrNO. The molecule has 2 rings (SSSR count). The van der Waals surface area contributed by atoms with Crippen molar-refractivity contribution in [2.45, 2.75) is 25.3 Å². The average Bonchev–Trinajstić information content (AvgIpc) is 2.78. The number of aryl methyl sites for hydroxylation is 1. The van der Waals surface area contributed by atoms with Crippen LogP contribution in [0.3, 0.4) is 0 Å². The lowest BCUT2D eigenvalue weighted by Crippen LogP contribution is -2.19. The van der Waals surface area contributed by atoms with Crippen molar-refractivity contribution in [1.29, 1.82) is 0 Å². The van der Waals surface area contributed by atoms with Gasteiger partial charge in [-0.2, -0.15) is 0 Å². The summed E-state index contributed by atoms with van der Waals surface area (Å²) >= 11 is 3.47. The van der Waals surface area contributed by atoms with Crippen molar-refractivity contribution in [3.63, 3.8) is 0 Å². The van der Waals surface area contributed by atoms with Crippen molar-refractivity contribution >= 4 is 15.9 Å². The average molecular weight is 242 g/mol. The molecule has 1 aromatic carbocycles. The van der Waals surface area contributed by atoms with Crippen LogP contribution in [0.25, 0.3) is 0 Å². The van der Waals surface area contributed by atoms with Crippen molar-refractivity contribution in [2.75, 3.05) is 0 Å². The summed E-state index contributed by atoms with van der Waals surface area (Å²) in [4.78, 5) is 0. The molecule has 0 bridgehead atoms. The van der Waals surface area contributed by atoms with Crippen molar-refractivity contribution in [3.05, 3.63) is 27.7 Å². The molecule has 1 aromatic rings. The van der Waals surface area contributed by atoms with Gasteiger partial charge in [0.05, 0.1) is 0 Å². The molecule has 1 aliphatic carbocycles. The monoisotopic (exact) mass is 241 g/mol. The Morgan fingerprint density at radius 1 is 1.46 bits per heavy atom. The number of hydrogen-bond donors (Lipinski definition) is 2. The van der Waals surface area contributed by atoms with E-state index in [4.69, 9.17) is 5.73 Å². The van der Waals surface area contributed by atoms with Gasteiger partial charge in [0.15, 0.2) is 0 Å². The predicted molar refractivity (Wildman–Crippen MR) is 55.6 cm³/mol. The van der Waals surface area contributed by atoms with Crippen LogP contribution in [0.5, 0.6) is 5.75 Å². The molecular weight excluding hydrogens is 230 g/mol. The van der Waals surface area contributed by atoms with Gasteiger partial charge in [-0.1, -0.05) is 22.0 Å². The van der Waals surface area contributed by atoms with Gasteiger partial charge in [-0.15, -0.1) is 0 Å². The number of nitrogens with two attached hydrogens (primary N) is 1. The first-order valence-corrected chi connectivity index (χ1v) is 5.11.